The van der Waals surface area contributed by atoms with Crippen LogP contribution in [0.1, 0.15) is 24.4 Å². The Morgan fingerprint density at radius 2 is 1.80 bits per heavy atom. The molecule has 0 bridgehead atoms. The van der Waals surface area contributed by atoms with Crippen LogP contribution in [0.25, 0.3) is 11.3 Å². The second-order valence-corrected chi connectivity index (χ2v) is 5.42. The number of carbonyl (C=O) groups excluding carboxylic acids is 3. The first-order chi connectivity index (χ1) is 11.8. The lowest BCUT2D eigenvalue weighted by atomic mass is 10.2. The number of benzene rings is 1. The number of imide groups is 1. The van der Waals surface area contributed by atoms with Gasteiger partial charge in [-0.25, -0.2) is 14.0 Å². The van der Waals surface area contributed by atoms with E-state index in [-0.39, 0.29) is 17.6 Å². The minimum atomic E-state index is -0.854. The van der Waals surface area contributed by atoms with E-state index >= 15 is 0 Å². The molecule has 0 aliphatic carbocycles. The molecule has 1 aromatic carbocycles. The molecule has 0 spiro atoms. The molecule has 0 fully saturated rings. The maximum absolute atomic E-state index is 12.9. The number of furan rings is 1. The second kappa shape index (κ2) is 8.09. The minimum absolute atomic E-state index is 0.112. The fraction of sp³-hybridized carbons (Fsp3) is 0.235. The van der Waals surface area contributed by atoms with E-state index < -0.39 is 24.5 Å². The van der Waals surface area contributed by atoms with Crippen LogP contribution in [0.15, 0.2) is 40.8 Å². The molecule has 2 aromatic rings. The van der Waals surface area contributed by atoms with Crippen molar-refractivity contribution in [2.75, 3.05) is 6.61 Å². The summed E-state index contributed by atoms with van der Waals surface area (Å²) in [5.41, 5.74) is 0.587. The maximum atomic E-state index is 12.9. The topological polar surface area (TPSA) is 97.6 Å². The third-order valence-corrected chi connectivity index (χ3v) is 2.94. The third-order valence-electron chi connectivity index (χ3n) is 2.94. The summed E-state index contributed by atoms with van der Waals surface area (Å²) in [5, 5.41) is 4.48. The molecule has 8 heteroatoms. The summed E-state index contributed by atoms with van der Waals surface area (Å²) >= 11 is 0. The quantitative estimate of drug-likeness (QED) is 0.809. The molecule has 2 N–H and O–H groups in total. The summed E-state index contributed by atoms with van der Waals surface area (Å²) in [6.45, 7) is 2.84. The van der Waals surface area contributed by atoms with Crippen LogP contribution in [0.5, 0.6) is 0 Å². The van der Waals surface area contributed by atoms with Crippen molar-refractivity contribution in [3.63, 3.8) is 0 Å². The van der Waals surface area contributed by atoms with Crippen molar-refractivity contribution in [1.82, 2.24) is 10.6 Å². The Hall–Kier alpha value is -3.16. The number of amides is 3. The van der Waals surface area contributed by atoms with Crippen molar-refractivity contribution in [3.8, 4) is 11.3 Å². The number of urea groups is 1. The molecule has 3 amide bonds. The highest BCUT2D eigenvalue weighted by Gasteiger charge is 2.16. The molecule has 0 unspecified atom stereocenters. The average molecular weight is 348 g/mol. The van der Waals surface area contributed by atoms with E-state index in [4.69, 9.17) is 9.15 Å². The maximum Gasteiger partial charge on any atom is 0.374 e. The highest BCUT2D eigenvalue weighted by atomic mass is 19.1. The average Bonchev–Trinajstić information content (AvgIpc) is 3.02. The molecular formula is C17H17FN2O5. The van der Waals surface area contributed by atoms with Crippen molar-refractivity contribution < 1.29 is 27.9 Å². The molecule has 1 heterocycles. The summed E-state index contributed by atoms with van der Waals surface area (Å²) in [6.07, 6.45) is 0. The Morgan fingerprint density at radius 1 is 1.12 bits per heavy atom. The van der Waals surface area contributed by atoms with E-state index in [0.29, 0.717) is 11.3 Å². The normalized spacial score (nSPS) is 10.4. The highest BCUT2D eigenvalue weighted by molar-refractivity contribution is 5.96. The molecule has 0 saturated carbocycles. The fourth-order valence-electron chi connectivity index (χ4n) is 1.88. The molecule has 0 aliphatic rings. The lowest BCUT2D eigenvalue weighted by Crippen LogP contribution is -2.44. The number of halogens is 1. The van der Waals surface area contributed by atoms with E-state index in [2.05, 4.69) is 5.32 Å². The molecule has 0 aliphatic heterocycles. The van der Waals surface area contributed by atoms with Crippen LogP contribution >= 0.6 is 0 Å². The van der Waals surface area contributed by atoms with Gasteiger partial charge in [-0.2, -0.15) is 0 Å². The third kappa shape index (κ3) is 5.45. The Bertz CT molecular complexity index is 768. The number of ether oxygens (including phenoxy) is 1. The van der Waals surface area contributed by atoms with Crippen LogP contribution in [0, 0.1) is 5.82 Å². The Kier molecular flexibility index (Phi) is 5.89. The lowest BCUT2D eigenvalue weighted by Gasteiger charge is -2.09. The van der Waals surface area contributed by atoms with Gasteiger partial charge in [0.1, 0.15) is 11.6 Å². The number of carbonyl (C=O) groups is 3. The first-order valence-corrected chi connectivity index (χ1v) is 7.48. The predicted octanol–water partition coefficient (Wildman–Crippen LogP) is 2.48. The van der Waals surface area contributed by atoms with Crippen molar-refractivity contribution in [2.24, 2.45) is 0 Å². The number of rotatable bonds is 5. The summed E-state index contributed by atoms with van der Waals surface area (Å²) in [7, 11) is 0. The van der Waals surface area contributed by atoms with Gasteiger partial charge >= 0.3 is 12.0 Å². The van der Waals surface area contributed by atoms with Crippen molar-refractivity contribution in [3.05, 3.63) is 48.0 Å². The first kappa shape index (κ1) is 18.2. The van der Waals surface area contributed by atoms with Crippen LogP contribution < -0.4 is 10.6 Å². The van der Waals surface area contributed by atoms with Gasteiger partial charge in [0.15, 0.2) is 6.61 Å². The number of nitrogens with one attached hydrogen (secondary N) is 2. The summed E-state index contributed by atoms with van der Waals surface area (Å²) < 4.78 is 23.0. The van der Waals surface area contributed by atoms with Crippen LogP contribution in [-0.2, 0) is 9.53 Å². The first-order valence-electron chi connectivity index (χ1n) is 7.48. The molecule has 0 saturated heterocycles. The van der Waals surface area contributed by atoms with E-state index in [1.807, 2.05) is 5.32 Å². The summed E-state index contributed by atoms with van der Waals surface area (Å²) in [4.78, 5) is 34.7. The zero-order valence-corrected chi connectivity index (χ0v) is 13.7. The lowest BCUT2D eigenvalue weighted by molar-refractivity contribution is -0.123. The molecule has 2 rings (SSSR count). The van der Waals surface area contributed by atoms with Gasteiger partial charge in [-0.05, 0) is 50.2 Å². The standard InChI is InChI=1S/C17H17FN2O5/c1-10(2)19-17(23)20-15(21)9-24-16(22)14-8-7-13(25-14)11-3-5-12(18)6-4-11/h3-8,10H,9H2,1-2H3,(H2,19,20,21,23). The Balaban J connectivity index is 1.88. The van der Waals surface area contributed by atoms with Crippen LogP contribution in [0.4, 0.5) is 9.18 Å². The highest BCUT2D eigenvalue weighted by Crippen LogP contribution is 2.22. The largest absolute Gasteiger partial charge is 0.450 e. The van der Waals surface area contributed by atoms with Gasteiger partial charge in [-0.1, -0.05) is 0 Å². The molecule has 0 radical (unpaired) electrons. The SMILES string of the molecule is CC(C)NC(=O)NC(=O)COC(=O)c1ccc(-c2ccc(F)cc2)o1. The Morgan fingerprint density at radius 3 is 2.44 bits per heavy atom. The molecule has 0 atom stereocenters. The van der Waals surface area contributed by atoms with Crippen LogP contribution in [0.3, 0.4) is 0 Å². The molecule has 1 aromatic heterocycles. The van der Waals surface area contributed by atoms with Gasteiger partial charge in [0.25, 0.3) is 5.91 Å². The van der Waals surface area contributed by atoms with Gasteiger partial charge in [0.2, 0.25) is 5.76 Å². The zero-order chi connectivity index (χ0) is 18.4. The van der Waals surface area contributed by atoms with Crippen LogP contribution in [0.2, 0.25) is 0 Å². The van der Waals surface area contributed by atoms with Crippen molar-refractivity contribution >= 4 is 17.9 Å². The smallest absolute Gasteiger partial charge is 0.374 e. The molecule has 7 nitrogen and oxygen atoms in total. The van der Waals surface area contributed by atoms with E-state index in [1.165, 1.54) is 36.4 Å². The minimum Gasteiger partial charge on any atom is -0.450 e. The monoisotopic (exact) mass is 348 g/mol. The van der Waals surface area contributed by atoms with Crippen LogP contribution in [-0.4, -0.2) is 30.6 Å². The number of hydrogen-bond acceptors (Lipinski definition) is 5. The molecule has 132 valence electrons. The zero-order valence-electron chi connectivity index (χ0n) is 13.7. The van der Waals surface area contributed by atoms with Gasteiger partial charge in [0, 0.05) is 11.6 Å². The van der Waals surface area contributed by atoms with Gasteiger partial charge in [0.05, 0.1) is 0 Å². The molecular weight excluding hydrogens is 331 g/mol. The number of hydrogen-bond donors (Lipinski definition) is 2. The van der Waals surface area contributed by atoms with E-state index in [1.54, 1.807) is 13.8 Å². The van der Waals surface area contributed by atoms with Gasteiger partial charge in [-0.15, -0.1) is 0 Å². The summed E-state index contributed by atoms with van der Waals surface area (Å²) in [5.74, 6) is -1.77. The van der Waals surface area contributed by atoms with Crippen molar-refractivity contribution in [2.45, 2.75) is 19.9 Å². The summed E-state index contributed by atoms with van der Waals surface area (Å²) in [6, 6.07) is 7.64. The van der Waals surface area contributed by atoms with E-state index in [0.717, 1.165) is 0 Å². The fourth-order valence-corrected chi connectivity index (χ4v) is 1.88. The molecule has 25 heavy (non-hydrogen) atoms. The Labute approximate surface area is 143 Å². The number of esters is 1. The van der Waals surface area contributed by atoms with E-state index in [9.17, 15) is 18.8 Å². The van der Waals surface area contributed by atoms with Gasteiger partial charge < -0.3 is 14.5 Å². The van der Waals surface area contributed by atoms with Crippen molar-refractivity contribution in [1.29, 1.82) is 0 Å². The van der Waals surface area contributed by atoms with Gasteiger partial charge in [-0.3, -0.25) is 10.1 Å². The predicted molar refractivity (Wildman–Crippen MR) is 86.2 cm³/mol. The second-order valence-electron chi connectivity index (χ2n) is 5.42.